The molecule has 1 aromatic heterocycles. The molecule has 28 heavy (non-hydrogen) atoms. The average Bonchev–Trinajstić information content (AvgIpc) is 3.22. The lowest BCUT2D eigenvalue weighted by molar-refractivity contribution is -0.137. The minimum Gasteiger partial charge on any atom is -0.365 e. The van der Waals surface area contributed by atoms with Crippen LogP contribution >= 0.6 is 0 Å². The van der Waals surface area contributed by atoms with E-state index in [1.807, 2.05) is 13.0 Å². The molecule has 0 radical (unpaired) electrons. The summed E-state index contributed by atoms with van der Waals surface area (Å²) in [6.07, 6.45) is 0.0143. The first kappa shape index (κ1) is 20.2. The second kappa shape index (κ2) is 8.67. The third-order valence-electron chi connectivity index (χ3n) is 5.15. The number of nitrogens with zero attached hydrogens (tertiary/aromatic N) is 2. The van der Waals surface area contributed by atoms with Crippen molar-refractivity contribution in [1.82, 2.24) is 15.4 Å². The van der Waals surface area contributed by atoms with Gasteiger partial charge in [-0.3, -0.25) is 0 Å². The highest BCUT2D eigenvalue weighted by atomic mass is 19.4. The van der Waals surface area contributed by atoms with Crippen molar-refractivity contribution in [1.29, 1.82) is 0 Å². The standard InChI is InChI=1S/C20H24F3N3O2/c1-2-4-17(15-5-3-6-16(13-15)20(21,22)23)24-19(27)26-10-7-14(8-11-26)18-9-12-28-25-18/h3,5-6,9,12-14,17H,2,4,7-8,10-11H2,1H3,(H,24,27). The predicted octanol–water partition coefficient (Wildman–Crippen LogP) is 5.12. The molecule has 0 saturated carbocycles. The van der Waals surface area contributed by atoms with Gasteiger partial charge in [0, 0.05) is 25.1 Å². The molecule has 1 unspecified atom stereocenters. The van der Waals surface area contributed by atoms with Gasteiger partial charge in [0.15, 0.2) is 0 Å². The second-order valence-electron chi connectivity index (χ2n) is 7.10. The fraction of sp³-hybridized carbons (Fsp3) is 0.500. The maximum absolute atomic E-state index is 13.0. The van der Waals surface area contributed by atoms with Gasteiger partial charge >= 0.3 is 12.2 Å². The molecule has 1 atom stereocenters. The van der Waals surface area contributed by atoms with Crippen molar-refractivity contribution in [3.8, 4) is 0 Å². The summed E-state index contributed by atoms with van der Waals surface area (Å²) < 4.78 is 43.9. The van der Waals surface area contributed by atoms with Crippen LogP contribution in [-0.2, 0) is 6.18 Å². The van der Waals surface area contributed by atoms with Gasteiger partial charge in [-0.05, 0) is 37.0 Å². The summed E-state index contributed by atoms with van der Waals surface area (Å²) in [6, 6.07) is 6.33. The molecule has 8 heteroatoms. The van der Waals surface area contributed by atoms with E-state index in [9.17, 15) is 18.0 Å². The van der Waals surface area contributed by atoms with E-state index < -0.39 is 17.8 Å². The van der Waals surface area contributed by atoms with Gasteiger partial charge in [0.05, 0.1) is 17.3 Å². The van der Waals surface area contributed by atoms with Crippen molar-refractivity contribution in [2.75, 3.05) is 13.1 Å². The molecule has 5 nitrogen and oxygen atoms in total. The van der Waals surface area contributed by atoms with Crippen LogP contribution in [0.5, 0.6) is 0 Å². The van der Waals surface area contributed by atoms with E-state index >= 15 is 0 Å². The molecule has 1 saturated heterocycles. The van der Waals surface area contributed by atoms with Crippen LogP contribution in [0.4, 0.5) is 18.0 Å². The van der Waals surface area contributed by atoms with Crippen molar-refractivity contribution in [3.05, 3.63) is 53.4 Å². The first-order valence-electron chi connectivity index (χ1n) is 9.51. The average molecular weight is 395 g/mol. The Kier molecular flexibility index (Phi) is 6.26. The number of aromatic nitrogens is 1. The lowest BCUT2D eigenvalue weighted by Crippen LogP contribution is -2.45. The van der Waals surface area contributed by atoms with E-state index in [0.717, 1.165) is 37.1 Å². The fourth-order valence-electron chi connectivity index (χ4n) is 3.59. The number of likely N-dealkylation sites (tertiary alicyclic amines) is 1. The Labute approximate surface area is 161 Å². The number of carbonyl (C=O) groups excluding carboxylic acids is 1. The van der Waals surface area contributed by atoms with Gasteiger partial charge in [0.25, 0.3) is 0 Å². The van der Waals surface area contributed by atoms with Crippen LogP contribution in [0, 0.1) is 0 Å². The highest BCUT2D eigenvalue weighted by molar-refractivity contribution is 5.75. The molecule has 0 aliphatic carbocycles. The number of piperidine rings is 1. The molecule has 1 N–H and O–H groups in total. The van der Waals surface area contributed by atoms with Gasteiger partial charge in [-0.25, -0.2) is 4.79 Å². The quantitative estimate of drug-likeness (QED) is 0.764. The molecule has 2 amide bonds. The number of urea groups is 1. The Balaban J connectivity index is 1.64. The molecule has 2 aromatic rings. The van der Waals surface area contributed by atoms with Gasteiger partial charge in [-0.2, -0.15) is 13.2 Å². The number of nitrogens with one attached hydrogen (secondary N) is 1. The highest BCUT2D eigenvalue weighted by Crippen LogP contribution is 2.32. The largest absolute Gasteiger partial charge is 0.416 e. The van der Waals surface area contributed by atoms with Crippen LogP contribution in [-0.4, -0.2) is 29.2 Å². The van der Waals surface area contributed by atoms with E-state index in [-0.39, 0.29) is 11.9 Å². The van der Waals surface area contributed by atoms with Crippen LogP contribution in [0.3, 0.4) is 0 Å². The number of alkyl halides is 3. The third-order valence-corrected chi connectivity index (χ3v) is 5.15. The number of benzene rings is 1. The molecular weight excluding hydrogens is 371 g/mol. The Bertz CT molecular complexity index is 769. The molecule has 1 aromatic carbocycles. The van der Waals surface area contributed by atoms with E-state index in [2.05, 4.69) is 10.5 Å². The van der Waals surface area contributed by atoms with Crippen LogP contribution in [0.15, 0.2) is 41.1 Å². The Hall–Kier alpha value is -2.51. The lowest BCUT2D eigenvalue weighted by atomic mass is 9.94. The molecule has 0 bridgehead atoms. The Morgan fingerprint density at radius 2 is 2.07 bits per heavy atom. The summed E-state index contributed by atoms with van der Waals surface area (Å²) in [5, 5.41) is 6.88. The maximum Gasteiger partial charge on any atom is 0.416 e. The maximum atomic E-state index is 13.0. The first-order chi connectivity index (χ1) is 13.4. The van der Waals surface area contributed by atoms with Crippen LogP contribution < -0.4 is 5.32 Å². The summed E-state index contributed by atoms with van der Waals surface area (Å²) in [7, 11) is 0. The SMILES string of the molecule is CCCC(NC(=O)N1CCC(c2ccon2)CC1)c1cccc(C(F)(F)F)c1. The zero-order chi connectivity index (χ0) is 20.1. The van der Waals surface area contributed by atoms with Crippen molar-refractivity contribution in [3.63, 3.8) is 0 Å². The molecule has 2 heterocycles. The minimum atomic E-state index is -4.40. The number of amides is 2. The number of hydrogen-bond donors (Lipinski definition) is 1. The summed E-state index contributed by atoms with van der Waals surface area (Å²) >= 11 is 0. The van der Waals surface area contributed by atoms with Gasteiger partial charge < -0.3 is 14.7 Å². The predicted molar refractivity (Wildman–Crippen MR) is 97.7 cm³/mol. The summed E-state index contributed by atoms with van der Waals surface area (Å²) in [6.45, 7) is 3.09. The van der Waals surface area contributed by atoms with Gasteiger partial charge in [0.1, 0.15) is 6.26 Å². The van der Waals surface area contributed by atoms with Gasteiger partial charge in [0.2, 0.25) is 0 Å². The minimum absolute atomic E-state index is 0.241. The Morgan fingerprint density at radius 3 is 2.68 bits per heavy atom. The van der Waals surface area contributed by atoms with E-state index in [0.29, 0.717) is 25.1 Å². The van der Waals surface area contributed by atoms with Gasteiger partial charge in [-0.1, -0.05) is 30.6 Å². The molecule has 152 valence electrons. The number of carbonyl (C=O) groups is 1. The highest BCUT2D eigenvalue weighted by Gasteiger charge is 2.31. The Morgan fingerprint density at radius 1 is 1.32 bits per heavy atom. The fourth-order valence-corrected chi connectivity index (χ4v) is 3.59. The third kappa shape index (κ3) is 4.85. The molecule has 1 aliphatic rings. The lowest BCUT2D eigenvalue weighted by Gasteiger charge is -2.32. The molecule has 3 rings (SSSR count). The topological polar surface area (TPSA) is 58.4 Å². The van der Waals surface area contributed by atoms with Crippen LogP contribution in [0.1, 0.15) is 61.4 Å². The zero-order valence-electron chi connectivity index (χ0n) is 15.7. The number of hydrogen-bond acceptors (Lipinski definition) is 3. The second-order valence-corrected chi connectivity index (χ2v) is 7.10. The number of rotatable bonds is 5. The van der Waals surface area contributed by atoms with E-state index in [1.54, 1.807) is 17.2 Å². The van der Waals surface area contributed by atoms with Crippen molar-refractivity contribution < 1.29 is 22.5 Å². The number of halogens is 3. The molecular formula is C20H24F3N3O2. The van der Waals surface area contributed by atoms with Crippen LogP contribution in [0.25, 0.3) is 0 Å². The van der Waals surface area contributed by atoms with Crippen molar-refractivity contribution in [2.45, 2.75) is 50.7 Å². The summed E-state index contributed by atoms with van der Waals surface area (Å²) in [5.41, 5.74) is 0.671. The molecule has 0 spiro atoms. The molecule has 1 fully saturated rings. The molecule has 1 aliphatic heterocycles. The monoisotopic (exact) mass is 395 g/mol. The van der Waals surface area contributed by atoms with Crippen molar-refractivity contribution in [2.24, 2.45) is 0 Å². The van der Waals surface area contributed by atoms with E-state index in [1.165, 1.54) is 6.07 Å². The zero-order valence-corrected chi connectivity index (χ0v) is 15.7. The van der Waals surface area contributed by atoms with Gasteiger partial charge in [-0.15, -0.1) is 0 Å². The normalized spacial score (nSPS) is 16.8. The van der Waals surface area contributed by atoms with E-state index in [4.69, 9.17) is 4.52 Å². The smallest absolute Gasteiger partial charge is 0.365 e. The first-order valence-corrected chi connectivity index (χ1v) is 9.51. The summed E-state index contributed by atoms with van der Waals surface area (Å²) in [5.74, 6) is 0.262. The summed E-state index contributed by atoms with van der Waals surface area (Å²) in [4.78, 5) is 14.4. The van der Waals surface area contributed by atoms with Crippen molar-refractivity contribution >= 4 is 6.03 Å². The van der Waals surface area contributed by atoms with Crippen LogP contribution in [0.2, 0.25) is 0 Å².